The van der Waals surface area contributed by atoms with Crippen LogP contribution in [0.1, 0.15) is 6.92 Å². The Hall–Kier alpha value is -1.33. The summed E-state index contributed by atoms with van der Waals surface area (Å²) in [4.78, 5) is 15.0. The number of rotatable bonds is 5. The SMILES string of the molecule is CC(N)C(=O)NCCOc1ccc(Cl)cn1. The number of carbonyl (C=O) groups is 1. The van der Waals surface area contributed by atoms with Crippen LogP contribution in [-0.2, 0) is 4.79 Å². The van der Waals surface area contributed by atoms with Crippen LogP contribution in [0.25, 0.3) is 0 Å². The molecule has 0 radical (unpaired) electrons. The molecule has 0 saturated carbocycles. The molecule has 6 heteroatoms. The molecular weight excluding hydrogens is 230 g/mol. The molecule has 1 heterocycles. The smallest absolute Gasteiger partial charge is 0.236 e. The molecular formula is C10H14ClN3O2. The molecule has 0 aliphatic rings. The molecule has 0 aliphatic carbocycles. The van der Waals surface area contributed by atoms with Gasteiger partial charge in [-0.25, -0.2) is 4.98 Å². The van der Waals surface area contributed by atoms with E-state index in [4.69, 9.17) is 22.1 Å². The largest absolute Gasteiger partial charge is 0.476 e. The summed E-state index contributed by atoms with van der Waals surface area (Å²) in [6.07, 6.45) is 1.50. The van der Waals surface area contributed by atoms with Crippen LogP contribution in [0, 0.1) is 0 Å². The number of ether oxygens (including phenoxy) is 1. The molecule has 0 saturated heterocycles. The van der Waals surface area contributed by atoms with Crippen LogP contribution in [0.5, 0.6) is 5.88 Å². The summed E-state index contributed by atoms with van der Waals surface area (Å²) >= 11 is 5.66. The molecule has 1 rings (SSSR count). The van der Waals surface area contributed by atoms with Gasteiger partial charge in [-0.1, -0.05) is 11.6 Å². The van der Waals surface area contributed by atoms with Crippen LogP contribution in [0.4, 0.5) is 0 Å². The van der Waals surface area contributed by atoms with Gasteiger partial charge in [0.15, 0.2) is 0 Å². The fourth-order valence-electron chi connectivity index (χ4n) is 0.938. The van der Waals surface area contributed by atoms with E-state index in [2.05, 4.69) is 10.3 Å². The van der Waals surface area contributed by atoms with E-state index < -0.39 is 6.04 Å². The van der Waals surface area contributed by atoms with Gasteiger partial charge in [0.1, 0.15) is 6.61 Å². The molecule has 16 heavy (non-hydrogen) atoms. The monoisotopic (exact) mass is 243 g/mol. The van der Waals surface area contributed by atoms with Crippen molar-refractivity contribution in [3.05, 3.63) is 23.4 Å². The van der Waals surface area contributed by atoms with E-state index in [1.807, 2.05) is 0 Å². The van der Waals surface area contributed by atoms with Gasteiger partial charge in [-0.3, -0.25) is 4.79 Å². The third-order valence-corrected chi connectivity index (χ3v) is 1.99. The number of hydrogen-bond donors (Lipinski definition) is 2. The number of nitrogens with two attached hydrogens (primary N) is 1. The van der Waals surface area contributed by atoms with Crippen molar-refractivity contribution in [1.29, 1.82) is 0 Å². The minimum absolute atomic E-state index is 0.201. The standard InChI is InChI=1S/C10H14ClN3O2/c1-7(12)10(15)13-4-5-16-9-3-2-8(11)6-14-9/h2-3,6-7H,4-5,12H2,1H3,(H,13,15). The molecule has 0 aliphatic heterocycles. The quantitative estimate of drug-likeness (QED) is 0.742. The fraction of sp³-hybridized carbons (Fsp3) is 0.400. The van der Waals surface area contributed by atoms with Gasteiger partial charge >= 0.3 is 0 Å². The summed E-state index contributed by atoms with van der Waals surface area (Å²) in [7, 11) is 0. The third kappa shape index (κ3) is 4.46. The Morgan fingerprint density at radius 2 is 2.44 bits per heavy atom. The van der Waals surface area contributed by atoms with Gasteiger partial charge in [0, 0.05) is 12.3 Å². The van der Waals surface area contributed by atoms with E-state index in [1.54, 1.807) is 19.1 Å². The minimum Gasteiger partial charge on any atom is -0.476 e. The first-order valence-corrected chi connectivity index (χ1v) is 5.25. The molecule has 0 aromatic carbocycles. The summed E-state index contributed by atoms with van der Waals surface area (Å²) < 4.78 is 5.27. The van der Waals surface area contributed by atoms with E-state index in [0.29, 0.717) is 24.1 Å². The van der Waals surface area contributed by atoms with Crippen LogP contribution in [0.2, 0.25) is 5.02 Å². The van der Waals surface area contributed by atoms with Crippen LogP contribution in [0.3, 0.4) is 0 Å². The lowest BCUT2D eigenvalue weighted by atomic mass is 10.3. The van der Waals surface area contributed by atoms with E-state index >= 15 is 0 Å². The molecule has 1 aromatic heterocycles. The third-order valence-electron chi connectivity index (χ3n) is 1.77. The molecule has 0 spiro atoms. The van der Waals surface area contributed by atoms with Crippen LogP contribution in [0.15, 0.2) is 18.3 Å². The molecule has 1 amide bonds. The highest BCUT2D eigenvalue weighted by molar-refractivity contribution is 6.30. The molecule has 0 bridgehead atoms. The molecule has 88 valence electrons. The zero-order valence-corrected chi connectivity index (χ0v) is 9.70. The van der Waals surface area contributed by atoms with Gasteiger partial charge < -0.3 is 15.8 Å². The second kappa shape index (κ2) is 6.30. The van der Waals surface area contributed by atoms with Gasteiger partial charge in [0.2, 0.25) is 11.8 Å². The van der Waals surface area contributed by atoms with E-state index in [-0.39, 0.29) is 5.91 Å². The molecule has 1 atom stereocenters. The second-order valence-electron chi connectivity index (χ2n) is 3.24. The van der Waals surface area contributed by atoms with Crippen molar-refractivity contribution in [2.24, 2.45) is 5.73 Å². The fourth-order valence-corrected chi connectivity index (χ4v) is 1.05. The second-order valence-corrected chi connectivity index (χ2v) is 3.68. The van der Waals surface area contributed by atoms with Gasteiger partial charge in [0.25, 0.3) is 0 Å². The molecule has 5 nitrogen and oxygen atoms in total. The van der Waals surface area contributed by atoms with E-state index in [0.717, 1.165) is 0 Å². The Morgan fingerprint density at radius 1 is 1.69 bits per heavy atom. The van der Waals surface area contributed by atoms with Crippen molar-refractivity contribution in [3.63, 3.8) is 0 Å². The number of aromatic nitrogens is 1. The summed E-state index contributed by atoms with van der Waals surface area (Å²) in [6.45, 7) is 2.36. The van der Waals surface area contributed by atoms with Crippen molar-refractivity contribution in [2.75, 3.05) is 13.2 Å². The van der Waals surface area contributed by atoms with Crippen LogP contribution >= 0.6 is 11.6 Å². The Labute approximate surface area is 98.9 Å². The highest BCUT2D eigenvalue weighted by Crippen LogP contribution is 2.10. The first-order chi connectivity index (χ1) is 7.59. The van der Waals surface area contributed by atoms with Crippen molar-refractivity contribution >= 4 is 17.5 Å². The average Bonchev–Trinajstić information content (AvgIpc) is 2.26. The number of amides is 1. The minimum atomic E-state index is -0.506. The van der Waals surface area contributed by atoms with Gasteiger partial charge in [-0.05, 0) is 13.0 Å². The van der Waals surface area contributed by atoms with Crippen molar-refractivity contribution in [2.45, 2.75) is 13.0 Å². The van der Waals surface area contributed by atoms with Crippen molar-refractivity contribution in [1.82, 2.24) is 10.3 Å². The van der Waals surface area contributed by atoms with Gasteiger partial charge in [0.05, 0.1) is 17.6 Å². The first-order valence-electron chi connectivity index (χ1n) is 4.87. The number of halogens is 1. The maximum Gasteiger partial charge on any atom is 0.236 e. The Bertz CT molecular complexity index is 340. The summed E-state index contributed by atoms with van der Waals surface area (Å²) in [5.41, 5.74) is 5.37. The lowest BCUT2D eigenvalue weighted by molar-refractivity contribution is -0.122. The van der Waals surface area contributed by atoms with Crippen molar-refractivity contribution in [3.8, 4) is 5.88 Å². The Morgan fingerprint density at radius 3 is 3.00 bits per heavy atom. The summed E-state index contributed by atoms with van der Waals surface area (Å²) in [5, 5.41) is 3.17. The molecule has 1 unspecified atom stereocenters. The maximum atomic E-state index is 11.1. The van der Waals surface area contributed by atoms with Gasteiger partial charge in [-0.15, -0.1) is 0 Å². The van der Waals surface area contributed by atoms with Gasteiger partial charge in [-0.2, -0.15) is 0 Å². The van der Waals surface area contributed by atoms with Crippen molar-refractivity contribution < 1.29 is 9.53 Å². The number of nitrogens with zero attached hydrogens (tertiary/aromatic N) is 1. The maximum absolute atomic E-state index is 11.1. The summed E-state index contributed by atoms with van der Waals surface area (Å²) in [6, 6.07) is 2.84. The average molecular weight is 244 g/mol. The number of nitrogens with one attached hydrogen (secondary N) is 1. The highest BCUT2D eigenvalue weighted by atomic mass is 35.5. The topological polar surface area (TPSA) is 77.2 Å². The molecule has 0 fully saturated rings. The lowest BCUT2D eigenvalue weighted by Crippen LogP contribution is -2.40. The van der Waals surface area contributed by atoms with Crippen LogP contribution < -0.4 is 15.8 Å². The number of pyridine rings is 1. The predicted molar refractivity (Wildman–Crippen MR) is 61.4 cm³/mol. The number of carbonyl (C=O) groups excluding carboxylic acids is 1. The molecule has 3 N–H and O–H groups in total. The van der Waals surface area contributed by atoms with E-state index in [9.17, 15) is 4.79 Å². The Balaban J connectivity index is 2.21. The highest BCUT2D eigenvalue weighted by Gasteiger charge is 2.05. The molecule has 1 aromatic rings. The first kappa shape index (κ1) is 12.7. The van der Waals surface area contributed by atoms with E-state index in [1.165, 1.54) is 6.20 Å². The lowest BCUT2D eigenvalue weighted by Gasteiger charge is -2.08. The summed E-state index contributed by atoms with van der Waals surface area (Å²) in [5.74, 6) is 0.270. The normalized spacial score (nSPS) is 11.9. The number of hydrogen-bond acceptors (Lipinski definition) is 4. The van der Waals surface area contributed by atoms with Crippen LogP contribution in [-0.4, -0.2) is 30.1 Å². The zero-order valence-electron chi connectivity index (χ0n) is 8.94. The zero-order chi connectivity index (χ0) is 12.0. The Kier molecular flexibility index (Phi) is 5.01. The predicted octanol–water partition coefficient (Wildman–Crippen LogP) is 0.577.